The number of nitrogens with zero attached hydrogens (tertiary/aromatic N) is 5. The molecule has 216 valence electrons. The Labute approximate surface area is 240 Å². The number of fused-ring (bicyclic) bond motifs is 1. The van der Waals surface area contributed by atoms with Crippen LogP contribution >= 0.6 is 0 Å². The van der Waals surface area contributed by atoms with Crippen molar-refractivity contribution < 1.29 is 24.2 Å². The van der Waals surface area contributed by atoms with Crippen molar-refractivity contribution in [2.24, 2.45) is 5.92 Å². The van der Waals surface area contributed by atoms with E-state index in [1.807, 2.05) is 25.1 Å². The van der Waals surface area contributed by atoms with Crippen LogP contribution < -0.4 is 4.74 Å². The SMILES string of the molecule is C[C@H](CO)N1C[C@H](C)[C@H](CN(C)C(=O)Cc2ccccn2)Oc2ncc(-c3cccc(C(=O)N(C)C)c3)cc2C1=O. The topological polar surface area (TPSA) is 116 Å². The van der Waals surface area contributed by atoms with Gasteiger partial charge in [0.15, 0.2) is 0 Å². The van der Waals surface area contributed by atoms with Gasteiger partial charge in [-0.15, -0.1) is 0 Å². The van der Waals surface area contributed by atoms with Crippen molar-refractivity contribution in [1.82, 2.24) is 24.7 Å². The lowest BCUT2D eigenvalue weighted by Crippen LogP contribution is -2.50. The Balaban J connectivity index is 1.66. The molecular formula is C31H37N5O5. The maximum absolute atomic E-state index is 13.8. The number of hydrogen-bond acceptors (Lipinski definition) is 7. The molecule has 10 nitrogen and oxygen atoms in total. The van der Waals surface area contributed by atoms with Crippen molar-refractivity contribution in [2.45, 2.75) is 32.4 Å². The third kappa shape index (κ3) is 6.89. The summed E-state index contributed by atoms with van der Waals surface area (Å²) >= 11 is 0. The zero-order valence-corrected chi connectivity index (χ0v) is 24.2. The van der Waals surface area contributed by atoms with Crippen LogP contribution in [-0.4, -0.2) is 100 Å². The Bertz CT molecular complexity index is 1400. The first kappa shape index (κ1) is 29.7. The maximum Gasteiger partial charge on any atom is 0.259 e. The third-order valence-corrected chi connectivity index (χ3v) is 7.31. The molecule has 1 aromatic carbocycles. The van der Waals surface area contributed by atoms with Crippen LogP contribution in [0.3, 0.4) is 0 Å². The van der Waals surface area contributed by atoms with Crippen LogP contribution in [0, 0.1) is 5.92 Å². The molecule has 0 unspecified atom stereocenters. The normalized spacial score (nSPS) is 17.5. The highest BCUT2D eigenvalue weighted by atomic mass is 16.5. The largest absolute Gasteiger partial charge is 0.472 e. The molecule has 1 aliphatic heterocycles. The van der Waals surface area contributed by atoms with E-state index in [2.05, 4.69) is 9.97 Å². The summed E-state index contributed by atoms with van der Waals surface area (Å²) in [7, 11) is 5.10. The van der Waals surface area contributed by atoms with E-state index in [0.717, 1.165) is 5.56 Å². The number of aliphatic hydroxyl groups excluding tert-OH is 1. The fourth-order valence-corrected chi connectivity index (χ4v) is 4.73. The van der Waals surface area contributed by atoms with Gasteiger partial charge in [-0.2, -0.15) is 0 Å². The molecule has 0 saturated heterocycles. The van der Waals surface area contributed by atoms with E-state index in [-0.39, 0.29) is 54.7 Å². The second-order valence-electron chi connectivity index (χ2n) is 10.8. The number of hydrogen-bond donors (Lipinski definition) is 1. The van der Waals surface area contributed by atoms with Gasteiger partial charge in [-0.05, 0) is 42.8 Å². The zero-order chi connectivity index (χ0) is 29.7. The van der Waals surface area contributed by atoms with Gasteiger partial charge in [0.25, 0.3) is 11.8 Å². The molecule has 3 heterocycles. The van der Waals surface area contributed by atoms with E-state index in [4.69, 9.17) is 4.74 Å². The number of pyridine rings is 2. The van der Waals surface area contributed by atoms with Gasteiger partial charge < -0.3 is 24.5 Å². The number of aromatic nitrogens is 2. The van der Waals surface area contributed by atoms with E-state index in [1.54, 1.807) is 80.6 Å². The summed E-state index contributed by atoms with van der Waals surface area (Å²) in [6.07, 6.45) is 2.97. The Morgan fingerprint density at radius 1 is 1.10 bits per heavy atom. The molecule has 0 saturated carbocycles. The molecule has 0 aliphatic carbocycles. The van der Waals surface area contributed by atoms with Crippen LogP contribution in [0.4, 0.5) is 0 Å². The Morgan fingerprint density at radius 3 is 2.56 bits per heavy atom. The van der Waals surface area contributed by atoms with E-state index in [1.165, 1.54) is 4.90 Å². The summed E-state index contributed by atoms with van der Waals surface area (Å²) in [5.41, 5.74) is 2.84. The number of carbonyl (C=O) groups excluding carboxylic acids is 3. The molecule has 0 bridgehead atoms. The lowest BCUT2D eigenvalue weighted by atomic mass is 9.98. The summed E-state index contributed by atoms with van der Waals surface area (Å²) in [5.74, 6) is -0.542. The molecule has 3 amide bonds. The summed E-state index contributed by atoms with van der Waals surface area (Å²) in [6, 6.07) is 13.9. The van der Waals surface area contributed by atoms with Crippen LogP contribution in [0.1, 0.15) is 40.3 Å². The summed E-state index contributed by atoms with van der Waals surface area (Å²) < 4.78 is 6.35. The monoisotopic (exact) mass is 559 g/mol. The first-order valence-electron chi connectivity index (χ1n) is 13.6. The highest BCUT2D eigenvalue weighted by Crippen LogP contribution is 2.31. The van der Waals surface area contributed by atoms with Crippen LogP contribution in [0.2, 0.25) is 0 Å². The quantitative estimate of drug-likeness (QED) is 0.451. The molecule has 4 rings (SSSR count). The van der Waals surface area contributed by atoms with E-state index >= 15 is 0 Å². The highest BCUT2D eigenvalue weighted by molar-refractivity contribution is 5.98. The molecule has 3 aromatic rings. The number of aliphatic hydroxyl groups is 1. The first-order valence-corrected chi connectivity index (χ1v) is 13.6. The molecule has 2 aromatic heterocycles. The van der Waals surface area contributed by atoms with Crippen molar-refractivity contribution in [2.75, 3.05) is 40.8 Å². The van der Waals surface area contributed by atoms with Crippen molar-refractivity contribution in [3.05, 3.63) is 77.7 Å². The number of likely N-dealkylation sites (N-methyl/N-ethyl adjacent to an activating group) is 1. The molecule has 1 N–H and O–H groups in total. The average Bonchev–Trinajstić information content (AvgIpc) is 2.98. The van der Waals surface area contributed by atoms with Crippen LogP contribution in [-0.2, 0) is 11.2 Å². The minimum absolute atomic E-state index is 0.103. The maximum atomic E-state index is 13.8. The number of rotatable bonds is 8. The van der Waals surface area contributed by atoms with Crippen molar-refractivity contribution in [1.29, 1.82) is 0 Å². The van der Waals surface area contributed by atoms with Gasteiger partial charge in [-0.25, -0.2) is 4.98 Å². The molecule has 10 heteroatoms. The highest BCUT2D eigenvalue weighted by Gasteiger charge is 2.35. The second kappa shape index (κ2) is 12.9. The molecule has 1 aliphatic rings. The molecule has 0 fully saturated rings. The van der Waals surface area contributed by atoms with Crippen LogP contribution in [0.15, 0.2) is 60.9 Å². The summed E-state index contributed by atoms with van der Waals surface area (Å²) in [5, 5.41) is 9.95. The number of carbonyl (C=O) groups is 3. The lowest BCUT2D eigenvalue weighted by Gasteiger charge is -2.37. The van der Waals surface area contributed by atoms with Gasteiger partial charge in [-0.1, -0.05) is 25.1 Å². The predicted octanol–water partition coefficient (Wildman–Crippen LogP) is 2.77. The van der Waals surface area contributed by atoms with Crippen molar-refractivity contribution in [3.63, 3.8) is 0 Å². The molecule has 0 spiro atoms. The Hall–Kier alpha value is -4.31. The van der Waals surface area contributed by atoms with Crippen molar-refractivity contribution in [3.8, 4) is 17.0 Å². The lowest BCUT2D eigenvalue weighted by molar-refractivity contribution is -0.130. The molecule has 41 heavy (non-hydrogen) atoms. The Morgan fingerprint density at radius 2 is 1.88 bits per heavy atom. The Kier molecular flexibility index (Phi) is 9.34. The van der Waals surface area contributed by atoms with E-state index in [0.29, 0.717) is 23.4 Å². The number of benzene rings is 1. The number of amides is 3. The third-order valence-electron chi connectivity index (χ3n) is 7.31. The van der Waals surface area contributed by atoms with Gasteiger partial charge in [0.1, 0.15) is 11.7 Å². The molecule has 3 atom stereocenters. The van der Waals surface area contributed by atoms with Crippen molar-refractivity contribution >= 4 is 17.7 Å². The summed E-state index contributed by atoms with van der Waals surface area (Å²) in [4.78, 5) is 52.8. The zero-order valence-electron chi connectivity index (χ0n) is 24.2. The predicted molar refractivity (Wildman–Crippen MR) is 154 cm³/mol. The smallest absolute Gasteiger partial charge is 0.259 e. The molecule has 0 radical (unpaired) electrons. The first-order chi connectivity index (χ1) is 19.6. The van der Waals surface area contributed by atoms with Gasteiger partial charge >= 0.3 is 0 Å². The van der Waals surface area contributed by atoms with E-state index in [9.17, 15) is 19.5 Å². The van der Waals surface area contributed by atoms with E-state index < -0.39 is 12.1 Å². The number of ether oxygens (including phenoxy) is 1. The standard InChI is InChI=1S/C31H37N5O5/c1-20-17-36(21(2)19-37)31(40)26-14-24(22-9-8-10-23(13-22)30(39)34(3)4)16-33-29(26)41-27(20)18-35(5)28(38)15-25-11-6-7-12-32-25/h6-14,16,20-21,27,37H,15,17-19H2,1-5H3/t20-,21+,27-/m0/s1. The summed E-state index contributed by atoms with van der Waals surface area (Å²) in [6.45, 7) is 4.14. The minimum atomic E-state index is -0.465. The van der Waals surface area contributed by atoms with Gasteiger partial charge in [0, 0.05) is 62.8 Å². The fourth-order valence-electron chi connectivity index (χ4n) is 4.73. The average molecular weight is 560 g/mol. The van der Waals surface area contributed by atoms with Gasteiger partial charge in [-0.3, -0.25) is 19.4 Å². The minimum Gasteiger partial charge on any atom is -0.472 e. The van der Waals surface area contributed by atoms with Gasteiger partial charge in [0.05, 0.1) is 25.6 Å². The van der Waals surface area contributed by atoms with Crippen LogP contribution in [0.5, 0.6) is 5.88 Å². The fraction of sp³-hybridized carbons (Fsp3) is 0.387. The second-order valence-corrected chi connectivity index (χ2v) is 10.8. The van der Waals surface area contributed by atoms with Gasteiger partial charge in [0.2, 0.25) is 11.8 Å². The van der Waals surface area contributed by atoms with Crippen LogP contribution in [0.25, 0.3) is 11.1 Å². The molecular weight excluding hydrogens is 522 g/mol.